The molecule has 6 rings (SSSR count). The van der Waals surface area contributed by atoms with Gasteiger partial charge in [0, 0.05) is 61.7 Å². The Labute approximate surface area is 247 Å². The molecule has 0 amide bonds. The average Bonchev–Trinajstić information content (AvgIpc) is 3.05. The summed E-state index contributed by atoms with van der Waals surface area (Å²) in [6.45, 7) is 4.51. The van der Waals surface area contributed by atoms with Crippen molar-refractivity contribution in [2.75, 3.05) is 50.6 Å². The maximum absolute atomic E-state index is 13.1. The maximum Gasteiger partial charge on any atom is 0.227 e. The quantitative estimate of drug-likeness (QED) is 0.254. The van der Waals surface area contributed by atoms with Crippen LogP contribution in [0.2, 0.25) is 0 Å². The lowest BCUT2D eigenvalue weighted by Gasteiger charge is -2.34. The van der Waals surface area contributed by atoms with Crippen LogP contribution in [0.4, 0.5) is 11.8 Å². The molecule has 0 spiro atoms. The summed E-state index contributed by atoms with van der Waals surface area (Å²) in [4.78, 5) is 27.8. The van der Waals surface area contributed by atoms with Gasteiger partial charge in [0.1, 0.15) is 5.82 Å². The van der Waals surface area contributed by atoms with Crippen molar-refractivity contribution in [3.8, 4) is 11.5 Å². The van der Waals surface area contributed by atoms with Gasteiger partial charge in [0.25, 0.3) is 0 Å². The molecule has 3 aromatic carbocycles. The molecule has 0 unspecified atom stereocenters. The van der Waals surface area contributed by atoms with Crippen LogP contribution < -0.4 is 19.7 Å². The first-order valence-corrected chi connectivity index (χ1v) is 14.9. The summed E-state index contributed by atoms with van der Waals surface area (Å²) in [5.74, 6) is 3.05. The second-order valence-corrected chi connectivity index (χ2v) is 11.3. The molecule has 1 N–H and O–H groups in total. The summed E-state index contributed by atoms with van der Waals surface area (Å²) in [7, 11) is 3.29. The molecule has 2 saturated heterocycles. The Bertz CT molecular complexity index is 1500. The second kappa shape index (κ2) is 12.8. The van der Waals surface area contributed by atoms with Crippen LogP contribution in [0.1, 0.15) is 41.6 Å². The number of benzene rings is 3. The van der Waals surface area contributed by atoms with Gasteiger partial charge < -0.3 is 19.7 Å². The smallest absolute Gasteiger partial charge is 0.227 e. The average molecular weight is 566 g/mol. The predicted octanol–water partition coefficient (Wildman–Crippen LogP) is 5.82. The monoisotopic (exact) mass is 565 g/mol. The van der Waals surface area contributed by atoms with Crippen molar-refractivity contribution in [3.63, 3.8) is 0 Å². The highest BCUT2D eigenvalue weighted by molar-refractivity contribution is 5.98. The predicted molar refractivity (Wildman–Crippen MR) is 167 cm³/mol. The number of hydrogen-bond donors (Lipinski definition) is 1. The first-order chi connectivity index (χ1) is 20.6. The van der Waals surface area contributed by atoms with Gasteiger partial charge in [0.05, 0.1) is 19.7 Å². The van der Waals surface area contributed by atoms with Gasteiger partial charge in [-0.1, -0.05) is 60.7 Å². The SMILES string of the molecule is COc1cc2nc(N3CCC(C(=O)c4ccccc4)CC3)nc(NC3CCN(Cc4ccccc4)CC3)c2cc1OC. The zero-order valence-electron chi connectivity index (χ0n) is 24.5. The minimum Gasteiger partial charge on any atom is -0.493 e. The topological polar surface area (TPSA) is 79.8 Å². The zero-order valence-corrected chi connectivity index (χ0v) is 24.5. The van der Waals surface area contributed by atoms with Crippen molar-refractivity contribution in [1.29, 1.82) is 0 Å². The normalized spacial score (nSPS) is 16.9. The van der Waals surface area contributed by atoms with E-state index in [9.17, 15) is 4.79 Å². The molecule has 218 valence electrons. The molecule has 3 heterocycles. The minimum absolute atomic E-state index is 0.0205. The Kier molecular flexibility index (Phi) is 8.51. The van der Waals surface area contributed by atoms with Gasteiger partial charge in [-0.05, 0) is 37.3 Å². The van der Waals surface area contributed by atoms with Crippen LogP contribution in [0.5, 0.6) is 11.5 Å². The number of ether oxygens (including phenoxy) is 2. The first kappa shape index (κ1) is 28.0. The van der Waals surface area contributed by atoms with E-state index in [4.69, 9.17) is 19.4 Å². The van der Waals surface area contributed by atoms with E-state index in [1.54, 1.807) is 14.2 Å². The maximum atomic E-state index is 13.1. The fourth-order valence-corrected chi connectivity index (χ4v) is 6.15. The molecule has 0 atom stereocenters. The number of methoxy groups -OCH3 is 2. The third-order valence-electron chi connectivity index (χ3n) is 8.57. The van der Waals surface area contributed by atoms with E-state index in [2.05, 4.69) is 45.4 Å². The van der Waals surface area contributed by atoms with Gasteiger partial charge in [0.2, 0.25) is 5.95 Å². The summed E-state index contributed by atoms with van der Waals surface area (Å²) in [5.41, 5.74) is 2.95. The van der Waals surface area contributed by atoms with Gasteiger partial charge in [-0.25, -0.2) is 4.98 Å². The Balaban J connectivity index is 1.20. The number of piperidine rings is 2. The molecule has 8 nitrogen and oxygen atoms in total. The van der Waals surface area contributed by atoms with Crippen LogP contribution in [-0.2, 0) is 6.54 Å². The largest absolute Gasteiger partial charge is 0.493 e. The van der Waals surface area contributed by atoms with Crippen molar-refractivity contribution in [1.82, 2.24) is 14.9 Å². The third-order valence-corrected chi connectivity index (χ3v) is 8.57. The molecule has 0 radical (unpaired) electrons. The lowest BCUT2D eigenvalue weighted by Crippen LogP contribution is -2.39. The van der Waals surface area contributed by atoms with Gasteiger partial charge in [-0.2, -0.15) is 4.98 Å². The van der Waals surface area contributed by atoms with Crippen LogP contribution in [0.15, 0.2) is 72.8 Å². The fourth-order valence-electron chi connectivity index (χ4n) is 6.15. The fraction of sp³-hybridized carbons (Fsp3) is 0.382. The second-order valence-electron chi connectivity index (χ2n) is 11.3. The van der Waals surface area contributed by atoms with Crippen molar-refractivity contribution < 1.29 is 14.3 Å². The van der Waals surface area contributed by atoms with E-state index < -0.39 is 0 Å². The number of fused-ring (bicyclic) bond motifs is 1. The Morgan fingerprint density at radius 3 is 2.14 bits per heavy atom. The molecule has 1 aromatic heterocycles. The van der Waals surface area contributed by atoms with Gasteiger partial charge in [-0.15, -0.1) is 0 Å². The number of ketones is 1. The molecule has 4 aromatic rings. The molecular weight excluding hydrogens is 526 g/mol. The van der Waals surface area contributed by atoms with Gasteiger partial charge in [0.15, 0.2) is 17.3 Å². The van der Waals surface area contributed by atoms with Crippen molar-refractivity contribution in [2.24, 2.45) is 5.92 Å². The lowest BCUT2D eigenvalue weighted by atomic mass is 9.89. The number of carbonyl (C=O) groups excluding carboxylic acids is 1. The Hall–Kier alpha value is -4.17. The number of nitrogens with one attached hydrogen (secondary N) is 1. The molecule has 42 heavy (non-hydrogen) atoms. The number of likely N-dealkylation sites (tertiary alicyclic amines) is 1. The zero-order chi connectivity index (χ0) is 28.9. The third kappa shape index (κ3) is 6.19. The molecule has 2 fully saturated rings. The number of aromatic nitrogens is 2. The standard InChI is InChI=1S/C34H39N5O3/c1-41-30-21-28-29(22-31(30)42-2)36-34(39-19-13-26(14-20-39)32(40)25-11-7-4-8-12-25)37-33(28)35-27-15-17-38(18-16-27)23-24-9-5-3-6-10-24/h3-12,21-22,26-27H,13-20,23H2,1-2H3,(H,35,36,37). The highest BCUT2D eigenvalue weighted by atomic mass is 16.5. The number of anilines is 2. The minimum atomic E-state index is 0.0205. The summed E-state index contributed by atoms with van der Waals surface area (Å²) in [5, 5.41) is 4.68. The van der Waals surface area contributed by atoms with Crippen molar-refractivity contribution in [3.05, 3.63) is 83.9 Å². The van der Waals surface area contributed by atoms with E-state index in [0.717, 1.165) is 80.7 Å². The summed E-state index contributed by atoms with van der Waals surface area (Å²) in [6.07, 6.45) is 3.63. The molecule has 0 aliphatic carbocycles. The van der Waals surface area contributed by atoms with E-state index in [0.29, 0.717) is 23.5 Å². The highest BCUT2D eigenvalue weighted by Crippen LogP contribution is 2.36. The molecule has 2 aliphatic rings. The number of hydrogen-bond acceptors (Lipinski definition) is 8. The van der Waals surface area contributed by atoms with Gasteiger partial charge in [-0.3, -0.25) is 9.69 Å². The first-order valence-electron chi connectivity index (χ1n) is 14.9. The number of Topliss-reactive ketones (excluding diaryl/α,β-unsaturated/α-hetero) is 1. The number of nitrogens with zero attached hydrogens (tertiary/aromatic N) is 4. The van der Waals surface area contributed by atoms with Crippen LogP contribution in [0.3, 0.4) is 0 Å². The van der Waals surface area contributed by atoms with Crippen LogP contribution >= 0.6 is 0 Å². The molecule has 2 aliphatic heterocycles. The number of carbonyl (C=O) groups is 1. The van der Waals surface area contributed by atoms with E-state index >= 15 is 0 Å². The summed E-state index contributed by atoms with van der Waals surface area (Å²) < 4.78 is 11.2. The van der Waals surface area contributed by atoms with Crippen molar-refractivity contribution in [2.45, 2.75) is 38.3 Å². The van der Waals surface area contributed by atoms with E-state index in [1.165, 1.54) is 5.56 Å². The van der Waals surface area contributed by atoms with Crippen molar-refractivity contribution >= 4 is 28.5 Å². The molecule has 8 heteroatoms. The molecule has 0 bridgehead atoms. The Morgan fingerprint density at radius 1 is 0.833 bits per heavy atom. The molecule has 0 saturated carbocycles. The van der Waals surface area contributed by atoms with E-state index in [-0.39, 0.29) is 11.7 Å². The van der Waals surface area contributed by atoms with E-state index in [1.807, 2.05) is 42.5 Å². The summed E-state index contributed by atoms with van der Waals surface area (Å²) >= 11 is 0. The van der Waals surface area contributed by atoms with Gasteiger partial charge >= 0.3 is 0 Å². The number of rotatable bonds is 9. The lowest BCUT2D eigenvalue weighted by molar-refractivity contribution is 0.0900. The molecular formula is C34H39N5O3. The van der Waals surface area contributed by atoms with Crippen LogP contribution in [-0.4, -0.2) is 67.1 Å². The summed E-state index contributed by atoms with van der Waals surface area (Å²) in [6, 6.07) is 24.5. The highest BCUT2D eigenvalue weighted by Gasteiger charge is 2.28. The van der Waals surface area contributed by atoms with Crippen LogP contribution in [0, 0.1) is 5.92 Å². The van der Waals surface area contributed by atoms with Crippen LogP contribution in [0.25, 0.3) is 10.9 Å². The Morgan fingerprint density at radius 2 is 1.48 bits per heavy atom.